The second kappa shape index (κ2) is 3.44. The number of rotatable bonds is 1. The molecule has 0 saturated carbocycles. The lowest BCUT2D eigenvalue weighted by Gasteiger charge is -2.25. The summed E-state index contributed by atoms with van der Waals surface area (Å²) in [6.07, 6.45) is 2.02. The molecule has 3 heteroatoms. The fraction of sp³-hybridized carbons (Fsp3) is 0.833. The van der Waals surface area contributed by atoms with Gasteiger partial charge in [0.05, 0.1) is 0 Å². The third kappa shape index (κ3) is 1.85. The first kappa shape index (κ1) is 7.38. The van der Waals surface area contributed by atoms with Crippen LogP contribution in [0.4, 0.5) is 0 Å². The molecule has 2 unspecified atom stereocenters. The van der Waals surface area contributed by atoms with E-state index in [-0.39, 0.29) is 0 Å². The first-order chi connectivity index (χ1) is 4.34. The molecule has 1 rings (SSSR count). The van der Waals surface area contributed by atoms with Crippen molar-refractivity contribution in [1.29, 1.82) is 0 Å². The highest BCUT2D eigenvalue weighted by molar-refractivity contribution is 7.92. The van der Waals surface area contributed by atoms with Gasteiger partial charge in [-0.05, 0) is 11.2 Å². The molecule has 0 spiro atoms. The summed E-state index contributed by atoms with van der Waals surface area (Å²) in [5.74, 6) is 0.814. The van der Waals surface area contributed by atoms with E-state index in [1.54, 1.807) is 0 Å². The van der Waals surface area contributed by atoms with Crippen LogP contribution in [0, 0.1) is 6.42 Å². The van der Waals surface area contributed by atoms with E-state index in [0.29, 0.717) is 5.25 Å². The van der Waals surface area contributed by atoms with E-state index in [4.69, 9.17) is 0 Å². The van der Waals surface area contributed by atoms with Crippen LogP contribution in [0.25, 0.3) is 0 Å². The molecule has 0 aromatic rings. The number of hydrogen-bond donors (Lipinski definition) is 1. The van der Waals surface area contributed by atoms with Gasteiger partial charge in [0.2, 0.25) is 0 Å². The van der Waals surface area contributed by atoms with Gasteiger partial charge in [0.25, 0.3) is 0 Å². The van der Waals surface area contributed by atoms with Crippen LogP contribution in [0.1, 0.15) is 6.92 Å². The molecule has 1 heterocycles. The van der Waals surface area contributed by atoms with Crippen molar-refractivity contribution in [3.63, 3.8) is 0 Å². The highest BCUT2D eigenvalue weighted by Gasteiger charge is 2.23. The van der Waals surface area contributed by atoms with Gasteiger partial charge in [-0.1, -0.05) is 6.92 Å². The lowest BCUT2D eigenvalue weighted by molar-refractivity contribution is 0.557. The zero-order valence-corrected chi connectivity index (χ0v) is 6.41. The van der Waals surface area contributed by atoms with Gasteiger partial charge < -0.3 is 9.87 Å². The average molecular weight is 146 g/mol. The van der Waals surface area contributed by atoms with Crippen molar-refractivity contribution in [1.82, 2.24) is 5.32 Å². The van der Waals surface area contributed by atoms with Crippen LogP contribution in [0.2, 0.25) is 0 Å². The minimum absolute atomic E-state index is 0.291. The summed E-state index contributed by atoms with van der Waals surface area (Å²) in [7, 11) is 0. The summed E-state index contributed by atoms with van der Waals surface area (Å²) in [5, 5.41) is 3.48. The van der Waals surface area contributed by atoms with Crippen LogP contribution in [0.5, 0.6) is 0 Å². The maximum Gasteiger partial charge on any atom is 0.131 e. The summed E-state index contributed by atoms with van der Waals surface area (Å²) in [6, 6.07) is 0. The summed E-state index contributed by atoms with van der Waals surface area (Å²) in [5.41, 5.74) is 0. The van der Waals surface area contributed by atoms with Gasteiger partial charge in [-0.25, -0.2) is 0 Å². The van der Waals surface area contributed by atoms with E-state index in [2.05, 4.69) is 5.32 Å². The summed E-state index contributed by atoms with van der Waals surface area (Å²) in [6.45, 7) is 3.77. The largest absolute Gasteiger partial charge is 0.616 e. The molecule has 0 bridgehead atoms. The van der Waals surface area contributed by atoms with Crippen molar-refractivity contribution in [2.24, 2.45) is 0 Å². The molecule has 1 aliphatic rings. The van der Waals surface area contributed by atoms with E-state index < -0.39 is 11.2 Å². The Morgan fingerprint density at radius 2 is 2.56 bits per heavy atom. The third-order valence-electron chi connectivity index (χ3n) is 1.54. The number of nitrogens with one attached hydrogen (secondary N) is 1. The van der Waals surface area contributed by atoms with Gasteiger partial charge in [0, 0.05) is 19.5 Å². The second-order valence-electron chi connectivity index (χ2n) is 2.16. The Hall–Kier alpha value is 0.270. The minimum Gasteiger partial charge on any atom is -0.616 e. The average Bonchev–Trinajstić information content (AvgIpc) is 1.89. The minimum atomic E-state index is -0.596. The highest BCUT2D eigenvalue weighted by atomic mass is 32.2. The molecular formula is C6H12NOS. The van der Waals surface area contributed by atoms with E-state index in [1.165, 1.54) is 0 Å². The molecule has 1 radical (unpaired) electrons. The molecule has 9 heavy (non-hydrogen) atoms. The van der Waals surface area contributed by atoms with Crippen LogP contribution in [0.3, 0.4) is 0 Å². The zero-order valence-electron chi connectivity index (χ0n) is 5.59. The maximum absolute atomic E-state index is 11.1. The van der Waals surface area contributed by atoms with Gasteiger partial charge in [0.15, 0.2) is 0 Å². The lowest BCUT2D eigenvalue weighted by atomic mass is 10.3. The van der Waals surface area contributed by atoms with Crippen molar-refractivity contribution < 1.29 is 4.55 Å². The number of hydrogen-bond acceptors (Lipinski definition) is 2. The molecule has 1 aliphatic heterocycles. The molecule has 0 aromatic carbocycles. The van der Waals surface area contributed by atoms with Crippen molar-refractivity contribution in [3.05, 3.63) is 6.42 Å². The Morgan fingerprint density at radius 1 is 1.78 bits per heavy atom. The highest BCUT2D eigenvalue weighted by Crippen LogP contribution is 2.07. The monoisotopic (exact) mass is 146 g/mol. The fourth-order valence-corrected chi connectivity index (χ4v) is 2.19. The molecule has 2 nitrogen and oxygen atoms in total. The Balaban J connectivity index is 2.30. The van der Waals surface area contributed by atoms with E-state index in [1.807, 2.05) is 13.3 Å². The van der Waals surface area contributed by atoms with Gasteiger partial charge in [0.1, 0.15) is 11.0 Å². The molecule has 2 atom stereocenters. The van der Waals surface area contributed by atoms with E-state index in [9.17, 15) is 4.55 Å². The topological polar surface area (TPSA) is 35.1 Å². The molecule has 1 saturated heterocycles. The predicted octanol–water partition coefficient (Wildman–Crippen LogP) is -0.0689. The van der Waals surface area contributed by atoms with Gasteiger partial charge in [-0.3, -0.25) is 0 Å². The normalized spacial score (nSPS) is 36.7. The first-order valence-electron chi connectivity index (χ1n) is 3.22. The smallest absolute Gasteiger partial charge is 0.131 e. The summed E-state index contributed by atoms with van der Waals surface area (Å²) < 4.78 is 11.1. The molecule has 1 N–H and O–H groups in total. The van der Waals surface area contributed by atoms with Gasteiger partial charge in [-0.15, -0.1) is 0 Å². The van der Waals surface area contributed by atoms with Gasteiger partial charge >= 0.3 is 0 Å². The Labute approximate surface area is 59.2 Å². The molecule has 53 valence electrons. The van der Waals surface area contributed by atoms with Gasteiger partial charge in [-0.2, -0.15) is 0 Å². The standard InChI is InChI=1S/C6H12NOS/c1-2-6-5-7-3-4-9(6)8/h2,6-7H,3-5H2,1H3. The molecule has 0 amide bonds. The van der Waals surface area contributed by atoms with Crippen molar-refractivity contribution >= 4 is 11.2 Å². The van der Waals surface area contributed by atoms with Crippen LogP contribution in [-0.2, 0) is 11.2 Å². The van der Waals surface area contributed by atoms with E-state index >= 15 is 0 Å². The predicted molar refractivity (Wildman–Crippen MR) is 39.6 cm³/mol. The zero-order chi connectivity index (χ0) is 6.69. The van der Waals surface area contributed by atoms with Crippen molar-refractivity contribution in [2.45, 2.75) is 12.2 Å². The SMILES string of the molecule is C[CH]C1CNCC[S+]1[O-]. The van der Waals surface area contributed by atoms with Crippen LogP contribution >= 0.6 is 0 Å². The van der Waals surface area contributed by atoms with Crippen molar-refractivity contribution in [2.75, 3.05) is 18.8 Å². The van der Waals surface area contributed by atoms with Crippen LogP contribution in [-0.4, -0.2) is 28.6 Å². The maximum atomic E-state index is 11.1. The summed E-state index contributed by atoms with van der Waals surface area (Å²) in [4.78, 5) is 0. The Morgan fingerprint density at radius 3 is 3.00 bits per heavy atom. The van der Waals surface area contributed by atoms with Crippen LogP contribution < -0.4 is 5.32 Å². The summed E-state index contributed by atoms with van der Waals surface area (Å²) >= 11 is -0.596. The van der Waals surface area contributed by atoms with Crippen molar-refractivity contribution in [3.8, 4) is 0 Å². The Kier molecular flexibility index (Phi) is 2.82. The lowest BCUT2D eigenvalue weighted by Crippen LogP contribution is -2.43. The quantitative estimate of drug-likeness (QED) is 0.526. The molecule has 1 fully saturated rings. The molecular weight excluding hydrogens is 134 g/mol. The molecule has 0 aromatic heterocycles. The van der Waals surface area contributed by atoms with Crippen LogP contribution in [0.15, 0.2) is 0 Å². The van der Waals surface area contributed by atoms with E-state index in [0.717, 1.165) is 18.8 Å². The Bertz CT molecular complexity index is 89.1. The second-order valence-corrected chi connectivity index (χ2v) is 3.94. The third-order valence-corrected chi connectivity index (χ3v) is 3.26. The fourth-order valence-electron chi connectivity index (χ4n) is 0.931. The molecule has 0 aliphatic carbocycles. The first-order valence-corrected chi connectivity index (χ1v) is 4.60.